The first-order valence-electron chi connectivity index (χ1n) is 6.44. The van der Waals surface area contributed by atoms with Crippen LogP contribution in [0.15, 0.2) is 18.5 Å². The summed E-state index contributed by atoms with van der Waals surface area (Å²) in [7, 11) is 3.73. The summed E-state index contributed by atoms with van der Waals surface area (Å²) in [5.41, 5.74) is 1.79. The minimum absolute atomic E-state index is 0.200. The lowest BCUT2D eigenvalue weighted by atomic mass is 10.5. The van der Waals surface area contributed by atoms with Crippen molar-refractivity contribution in [2.24, 2.45) is 0 Å². The van der Waals surface area contributed by atoms with Gasteiger partial charge in [-0.25, -0.2) is 9.97 Å². The molecule has 2 aromatic heterocycles. The lowest BCUT2D eigenvalue weighted by molar-refractivity contribution is 0.0902. The fourth-order valence-corrected chi connectivity index (χ4v) is 2.26. The third kappa shape index (κ3) is 3.54. The first-order chi connectivity index (χ1) is 9.08. The van der Waals surface area contributed by atoms with Gasteiger partial charge in [-0.2, -0.15) is 0 Å². The Balaban J connectivity index is 2.04. The summed E-state index contributed by atoms with van der Waals surface area (Å²) in [5.74, 6) is 0.871. The number of hydrogen-bond donors (Lipinski definition) is 0. The number of anilines is 1. The lowest BCUT2D eigenvalue weighted by Gasteiger charge is -2.11. The predicted octanol–water partition coefficient (Wildman–Crippen LogP) is 2.23. The molecule has 0 aliphatic rings. The molecule has 2 heterocycles. The van der Waals surface area contributed by atoms with Gasteiger partial charge >= 0.3 is 0 Å². The Morgan fingerprint density at radius 1 is 1.37 bits per heavy atom. The summed E-state index contributed by atoms with van der Waals surface area (Å²) in [4.78, 5) is 11.0. The lowest BCUT2D eigenvalue weighted by Crippen LogP contribution is -2.11. The van der Waals surface area contributed by atoms with Crippen LogP contribution >= 0.6 is 0 Å². The van der Waals surface area contributed by atoms with Crippen LogP contribution in [0.3, 0.4) is 0 Å². The molecule has 0 saturated carbocycles. The Bertz CT molecular complexity index is 538. The second-order valence-corrected chi connectivity index (χ2v) is 8.03. The molecule has 5 nitrogen and oxygen atoms in total. The second kappa shape index (κ2) is 6.16. The summed E-state index contributed by atoms with van der Waals surface area (Å²) in [6, 6.07) is 3.16. The van der Waals surface area contributed by atoms with Gasteiger partial charge in [0.2, 0.25) is 0 Å². The summed E-state index contributed by atoms with van der Waals surface area (Å²) in [5, 5.41) is 0. The Labute approximate surface area is 115 Å². The normalized spacial score (nSPS) is 11.4. The van der Waals surface area contributed by atoms with E-state index in [0.29, 0.717) is 6.73 Å². The number of nitrogens with zero attached hydrogens (tertiary/aromatic N) is 4. The van der Waals surface area contributed by atoms with Crippen molar-refractivity contribution >= 4 is 25.8 Å². The maximum Gasteiger partial charge on any atom is 0.160 e. The zero-order valence-corrected chi connectivity index (χ0v) is 13.1. The smallest absolute Gasteiger partial charge is 0.160 e. The first kappa shape index (κ1) is 14.0. The minimum atomic E-state index is -0.200. The van der Waals surface area contributed by atoms with Crippen LogP contribution in [0, 0.1) is 0 Å². The first-order valence-corrected chi connectivity index (χ1v) is 9.14. The summed E-state index contributed by atoms with van der Waals surface area (Å²) in [6.07, 6.45) is 3.77. The molecule has 2 aromatic rings. The molecule has 0 unspecified atom stereocenters. The van der Waals surface area contributed by atoms with E-state index in [1.807, 2.05) is 35.8 Å². The van der Waals surface area contributed by atoms with Crippen molar-refractivity contribution in [2.75, 3.05) is 25.6 Å². The topological polar surface area (TPSA) is 43.2 Å². The van der Waals surface area contributed by atoms with Gasteiger partial charge in [-0.3, -0.25) is 0 Å². The van der Waals surface area contributed by atoms with Crippen LogP contribution in [-0.2, 0) is 11.5 Å². The molecule has 0 saturated heterocycles. The van der Waals surface area contributed by atoms with Gasteiger partial charge < -0.3 is 14.2 Å². The van der Waals surface area contributed by atoms with Crippen LogP contribution in [-0.4, -0.2) is 44.0 Å². The molecule has 6 heteroatoms. The van der Waals surface area contributed by atoms with Crippen molar-refractivity contribution in [2.45, 2.75) is 25.9 Å². The Morgan fingerprint density at radius 2 is 2.16 bits per heavy atom. The highest BCUT2D eigenvalue weighted by molar-refractivity contribution is 6.55. The highest BCUT2D eigenvalue weighted by atomic mass is 28.3. The van der Waals surface area contributed by atoms with Crippen LogP contribution in [0.2, 0.25) is 19.1 Å². The van der Waals surface area contributed by atoms with Crippen LogP contribution in [0.4, 0.5) is 5.82 Å². The summed E-state index contributed by atoms with van der Waals surface area (Å²) < 4.78 is 7.68. The van der Waals surface area contributed by atoms with Crippen molar-refractivity contribution in [3.8, 4) is 0 Å². The molecule has 0 atom stereocenters. The van der Waals surface area contributed by atoms with Gasteiger partial charge in [0.1, 0.15) is 18.1 Å². The molecule has 0 aromatic carbocycles. The van der Waals surface area contributed by atoms with Crippen molar-refractivity contribution < 1.29 is 4.74 Å². The zero-order valence-electron chi connectivity index (χ0n) is 12.1. The molecule has 19 heavy (non-hydrogen) atoms. The molecule has 2 rings (SSSR count). The maximum atomic E-state index is 5.68. The van der Waals surface area contributed by atoms with E-state index in [2.05, 4.69) is 23.1 Å². The minimum Gasteiger partial charge on any atom is -0.361 e. The predicted molar refractivity (Wildman–Crippen MR) is 80.1 cm³/mol. The highest BCUT2D eigenvalue weighted by Gasteiger charge is 2.06. The van der Waals surface area contributed by atoms with Gasteiger partial charge in [0, 0.05) is 35.7 Å². The third-order valence-electron chi connectivity index (χ3n) is 2.89. The van der Waals surface area contributed by atoms with Crippen molar-refractivity contribution in [1.82, 2.24) is 14.5 Å². The standard InChI is InChI=1S/C13H21N4OSi/c1-16(2)12-9-14-13-11(15-12)5-6-17(13)10-18-7-8-19(3)4/h5-6,9H,7-8,10H2,1-4H3. The zero-order chi connectivity index (χ0) is 13.8. The van der Waals surface area contributed by atoms with Crippen molar-refractivity contribution in [1.29, 1.82) is 0 Å². The van der Waals surface area contributed by atoms with E-state index in [9.17, 15) is 0 Å². The average molecular weight is 277 g/mol. The summed E-state index contributed by atoms with van der Waals surface area (Å²) in [6.45, 7) is 5.97. The molecule has 0 spiro atoms. The van der Waals surface area contributed by atoms with Crippen LogP contribution in [0.5, 0.6) is 0 Å². The Morgan fingerprint density at radius 3 is 2.84 bits per heavy atom. The van der Waals surface area contributed by atoms with Gasteiger partial charge in [-0.1, -0.05) is 13.1 Å². The molecule has 103 valence electrons. The van der Waals surface area contributed by atoms with Crippen LogP contribution in [0.1, 0.15) is 0 Å². The fourth-order valence-electron chi connectivity index (χ4n) is 1.71. The van der Waals surface area contributed by atoms with E-state index in [-0.39, 0.29) is 8.80 Å². The maximum absolute atomic E-state index is 5.68. The quantitative estimate of drug-likeness (QED) is 0.600. The number of ether oxygens (including phenoxy) is 1. The van der Waals surface area contributed by atoms with E-state index < -0.39 is 0 Å². The molecule has 0 aliphatic carbocycles. The van der Waals surface area contributed by atoms with Crippen LogP contribution < -0.4 is 4.90 Å². The van der Waals surface area contributed by atoms with Gasteiger partial charge in [-0.05, 0) is 12.1 Å². The molecular weight excluding hydrogens is 256 g/mol. The van der Waals surface area contributed by atoms with E-state index in [0.717, 1.165) is 23.6 Å². The molecule has 0 N–H and O–H groups in total. The number of hydrogen-bond acceptors (Lipinski definition) is 4. The second-order valence-electron chi connectivity index (χ2n) is 5.11. The van der Waals surface area contributed by atoms with E-state index in [4.69, 9.17) is 4.74 Å². The van der Waals surface area contributed by atoms with E-state index >= 15 is 0 Å². The van der Waals surface area contributed by atoms with Crippen molar-refractivity contribution in [3.05, 3.63) is 18.5 Å². The fraction of sp³-hybridized carbons (Fsp3) is 0.538. The van der Waals surface area contributed by atoms with E-state index in [1.165, 1.54) is 6.04 Å². The number of rotatable bonds is 6. The van der Waals surface area contributed by atoms with Crippen molar-refractivity contribution in [3.63, 3.8) is 0 Å². The van der Waals surface area contributed by atoms with Gasteiger partial charge in [-0.15, -0.1) is 0 Å². The van der Waals surface area contributed by atoms with E-state index in [1.54, 1.807) is 6.20 Å². The Kier molecular flexibility index (Phi) is 4.55. The monoisotopic (exact) mass is 277 g/mol. The number of fused-ring (bicyclic) bond motifs is 1. The van der Waals surface area contributed by atoms with Gasteiger partial charge in [0.25, 0.3) is 0 Å². The molecule has 0 bridgehead atoms. The highest BCUT2D eigenvalue weighted by Crippen LogP contribution is 2.15. The summed E-state index contributed by atoms with van der Waals surface area (Å²) >= 11 is 0. The largest absolute Gasteiger partial charge is 0.361 e. The molecule has 0 amide bonds. The Hall–Kier alpha value is -1.40. The third-order valence-corrected chi connectivity index (χ3v) is 4.09. The number of aromatic nitrogens is 3. The molecule has 1 radical (unpaired) electrons. The molecule has 0 fully saturated rings. The SMILES string of the molecule is CN(C)c1cnc2c(ccn2COCC[Si](C)C)n1. The molecular formula is C13H21N4OSi. The van der Waals surface area contributed by atoms with Crippen LogP contribution in [0.25, 0.3) is 11.2 Å². The molecule has 0 aliphatic heterocycles. The van der Waals surface area contributed by atoms with Gasteiger partial charge in [0.05, 0.1) is 6.20 Å². The average Bonchev–Trinajstić information content (AvgIpc) is 2.76. The van der Waals surface area contributed by atoms with Gasteiger partial charge in [0.15, 0.2) is 5.65 Å².